The molecular weight excluding hydrogens is 423 g/mol. The Morgan fingerprint density at radius 2 is 2.16 bits per heavy atom. The third-order valence-electron chi connectivity index (χ3n) is 5.79. The Bertz CT molecular complexity index is 1080. The number of aliphatic imine (C=N–C) groups is 3. The highest BCUT2D eigenvalue weighted by atomic mass is 35.5. The van der Waals surface area contributed by atoms with Crippen molar-refractivity contribution >= 4 is 29.5 Å². The molecule has 162 valence electrons. The molecule has 0 amide bonds. The second-order valence-corrected chi connectivity index (χ2v) is 8.26. The Balaban J connectivity index is 1.43. The van der Waals surface area contributed by atoms with E-state index in [0.717, 1.165) is 24.9 Å². The van der Waals surface area contributed by atoms with Gasteiger partial charge in [0.2, 0.25) is 17.9 Å². The highest BCUT2D eigenvalue weighted by Crippen LogP contribution is 2.38. The number of nitrogens with two attached hydrogens (primary N) is 2. The Kier molecular flexibility index (Phi) is 4.92. The minimum Gasteiger partial charge on any atom is -0.465 e. The van der Waals surface area contributed by atoms with Crippen molar-refractivity contribution in [2.45, 2.75) is 37.5 Å². The first-order chi connectivity index (χ1) is 14.9. The van der Waals surface area contributed by atoms with Crippen LogP contribution in [0.25, 0.3) is 0 Å². The summed E-state index contributed by atoms with van der Waals surface area (Å²) in [6.45, 7) is 1.51. The van der Waals surface area contributed by atoms with Crippen molar-refractivity contribution in [1.29, 1.82) is 0 Å². The van der Waals surface area contributed by atoms with Crippen LogP contribution in [0, 0.1) is 5.82 Å². The zero-order valence-corrected chi connectivity index (χ0v) is 17.4. The van der Waals surface area contributed by atoms with E-state index in [4.69, 9.17) is 32.5 Å². The van der Waals surface area contributed by atoms with E-state index in [1.54, 1.807) is 12.3 Å². The van der Waals surface area contributed by atoms with Gasteiger partial charge in [0.25, 0.3) is 0 Å². The minimum absolute atomic E-state index is 0.0526. The summed E-state index contributed by atoms with van der Waals surface area (Å²) in [6, 6.07) is 8.78. The first-order valence-electron chi connectivity index (χ1n) is 10.0. The second kappa shape index (κ2) is 7.63. The molecule has 1 fully saturated rings. The number of nitrogens with zero attached hydrogens (tertiary/aromatic N) is 5. The fourth-order valence-electron chi connectivity index (χ4n) is 4.37. The molecule has 2 aromatic rings. The van der Waals surface area contributed by atoms with E-state index < -0.39 is 11.5 Å². The molecule has 1 aromatic heterocycles. The van der Waals surface area contributed by atoms with Gasteiger partial charge >= 0.3 is 0 Å². The Morgan fingerprint density at radius 3 is 2.94 bits per heavy atom. The number of nitrogens with one attached hydrogen (secondary N) is 1. The molecule has 0 bridgehead atoms. The summed E-state index contributed by atoms with van der Waals surface area (Å²) in [5, 5.41) is 1.65. The van der Waals surface area contributed by atoms with Crippen molar-refractivity contribution in [2.75, 3.05) is 6.54 Å². The molecule has 11 heteroatoms. The van der Waals surface area contributed by atoms with E-state index in [0.29, 0.717) is 24.7 Å². The number of halogens is 2. The normalized spacial score (nSPS) is 25.9. The summed E-state index contributed by atoms with van der Waals surface area (Å²) >= 11 is 5.83. The van der Waals surface area contributed by atoms with Gasteiger partial charge < -0.3 is 15.9 Å². The van der Waals surface area contributed by atoms with Gasteiger partial charge in [0.15, 0.2) is 5.66 Å². The lowest BCUT2D eigenvalue weighted by Gasteiger charge is -2.33. The molecule has 2 unspecified atom stereocenters. The molecule has 1 saturated heterocycles. The van der Waals surface area contributed by atoms with E-state index in [-0.39, 0.29) is 23.0 Å². The lowest BCUT2D eigenvalue weighted by Crippen LogP contribution is -2.55. The number of furan rings is 1. The van der Waals surface area contributed by atoms with Crippen molar-refractivity contribution in [3.8, 4) is 0 Å². The van der Waals surface area contributed by atoms with Crippen LogP contribution in [0.4, 0.5) is 4.39 Å². The molecule has 5 rings (SSSR count). The average Bonchev–Trinajstić information content (AvgIpc) is 3.46. The third kappa shape index (κ3) is 3.67. The zero-order chi connectivity index (χ0) is 21.6. The van der Waals surface area contributed by atoms with E-state index in [1.807, 2.05) is 18.2 Å². The molecule has 31 heavy (non-hydrogen) atoms. The van der Waals surface area contributed by atoms with E-state index in [9.17, 15) is 4.39 Å². The molecule has 0 radical (unpaired) electrons. The van der Waals surface area contributed by atoms with Crippen LogP contribution in [-0.4, -0.2) is 40.4 Å². The zero-order valence-electron chi connectivity index (χ0n) is 16.6. The number of fused-ring (bicyclic) bond motifs is 1. The summed E-state index contributed by atoms with van der Waals surface area (Å²) in [4.78, 5) is 15.4. The maximum atomic E-state index is 13.9. The van der Waals surface area contributed by atoms with Gasteiger partial charge in [-0.25, -0.2) is 14.4 Å². The van der Waals surface area contributed by atoms with Gasteiger partial charge in [-0.1, -0.05) is 17.7 Å². The monoisotopic (exact) mass is 444 g/mol. The number of rotatable bonds is 5. The third-order valence-corrected chi connectivity index (χ3v) is 6.10. The summed E-state index contributed by atoms with van der Waals surface area (Å²) in [5.41, 5.74) is 15.1. The number of likely N-dealkylation sites (tertiary alicyclic amines) is 1. The largest absolute Gasteiger partial charge is 0.465 e. The van der Waals surface area contributed by atoms with Gasteiger partial charge in [-0.3, -0.25) is 4.90 Å². The molecule has 0 spiro atoms. The van der Waals surface area contributed by atoms with Crippen LogP contribution >= 0.6 is 11.6 Å². The fraction of sp³-hybridized carbons (Fsp3) is 0.350. The summed E-state index contributed by atoms with van der Waals surface area (Å²) in [5.74, 6) is 0.787. The Labute approximate surface area is 183 Å². The van der Waals surface area contributed by atoms with E-state index >= 15 is 0 Å². The molecule has 2 atom stereocenters. The molecule has 0 aliphatic carbocycles. The fourth-order valence-corrected chi connectivity index (χ4v) is 4.49. The van der Waals surface area contributed by atoms with Crippen molar-refractivity contribution in [3.05, 3.63) is 58.8 Å². The molecule has 3 aliphatic rings. The minimum atomic E-state index is -0.911. The predicted molar refractivity (Wildman–Crippen MR) is 115 cm³/mol. The van der Waals surface area contributed by atoms with Crippen LogP contribution in [0.5, 0.6) is 0 Å². The summed E-state index contributed by atoms with van der Waals surface area (Å²) in [7, 11) is 0. The van der Waals surface area contributed by atoms with Crippen LogP contribution in [0.1, 0.15) is 30.6 Å². The van der Waals surface area contributed by atoms with E-state index in [1.165, 1.54) is 11.1 Å². The van der Waals surface area contributed by atoms with Crippen LogP contribution in [0.3, 0.4) is 0 Å². The quantitative estimate of drug-likeness (QED) is 0.649. The Hall–Kier alpha value is -2.95. The van der Waals surface area contributed by atoms with Crippen LogP contribution in [-0.2, 0) is 12.2 Å². The summed E-state index contributed by atoms with van der Waals surface area (Å²) in [6.07, 6.45) is 4.21. The number of hydrogen-bond donors (Lipinski definition) is 3. The van der Waals surface area contributed by atoms with Gasteiger partial charge in [0.05, 0.1) is 11.3 Å². The SMILES string of the molecule is NC1=NC2=NC(CC3CCCN3Cc3ccc(Cl)c(F)c3)(c3ccco3)NN2C(N)=N1. The van der Waals surface area contributed by atoms with Crippen molar-refractivity contribution in [1.82, 2.24) is 15.3 Å². The predicted octanol–water partition coefficient (Wildman–Crippen LogP) is 2.10. The van der Waals surface area contributed by atoms with Crippen LogP contribution in [0.15, 0.2) is 56.0 Å². The highest BCUT2D eigenvalue weighted by molar-refractivity contribution is 6.30. The molecular formula is C20H22ClFN8O. The number of guanidine groups is 3. The molecule has 3 aliphatic heterocycles. The topological polar surface area (TPSA) is 121 Å². The first-order valence-corrected chi connectivity index (χ1v) is 10.4. The van der Waals surface area contributed by atoms with Gasteiger partial charge in [-0.15, -0.1) is 0 Å². The second-order valence-electron chi connectivity index (χ2n) is 7.86. The lowest BCUT2D eigenvalue weighted by molar-refractivity contribution is 0.147. The number of hydrogen-bond acceptors (Lipinski definition) is 9. The average molecular weight is 445 g/mol. The molecule has 4 heterocycles. The van der Waals surface area contributed by atoms with Gasteiger partial charge in [0, 0.05) is 19.0 Å². The molecule has 0 saturated carbocycles. The molecule has 5 N–H and O–H groups in total. The van der Waals surface area contributed by atoms with E-state index in [2.05, 4.69) is 20.3 Å². The lowest BCUT2D eigenvalue weighted by atomic mass is 9.96. The maximum absolute atomic E-state index is 13.9. The van der Waals surface area contributed by atoms with Crippen LogP contribution < -0.4 is 16.9 Å². The van der Waals surface area contributed by atoms with Crippen molar-refractivity contribution < 1.29 is 8.81 Å². The first kappa shape index (κ1) is 20.0. The summed E-state index contributed by atoms with van der Waals surface area (Å²) < 4.78 is 19.7. The standard InChI is InChI=1S/C20H22ClFN8O/c21-14-6-5-12(9-15(14)22)11-29-7-1-3-13(29)10-20(16-4-2-8-31-16)27-19-26-17(23)25-18(24)30(19)28-20/h2,4-6,8-9,13,28H,1,3,7,10-11H2,(H4,23,24,25,26,27). The smallest absolute Gasteiger partial charge is 0.248 e. The van der Waals surface area contributed by atoms with Gasteiger partial charge in [-0.05, 0) is 49.2 Å². The maximum Gasteiger partial charge on any atom is 0.248 e. The van der Waals surface area contributed by atoms with Crippen LogP contribution in [0.2, 0.25) is 5.02 Å². The molecule has 9 nitrogen and oxygen atoms in total. The number of hydrazine groups is 1. The number of benzene rings is 1. The van der Waals surface area contributed by atoms with Gasteiger partial charge in [0.1, 0.15) is 11.6 Å². The molecule has 1 aromatic carbocycles. The highest BCUT2D eigenvalue weighted by Gasteiger charge is 2.48. The van der Waals surface area contributed by atoms with Gasteiger partial charge in [-0.2, -0.15) is 15.4 Å². The van der Waals surface area contributed by atoms with Crippen molar-refractivity contribution in [3.63, 3.8) is 0 Å². The van der Waals surface area contributed by atoms with Crippen molar-refractivity contribution in [2.24, 2.45) is 26.4 Å². The Morgan fingerprint density at radius 1 is 1.29 bits per heavy atom.